The van der Waals surface area contributed by atoms with Crippen molar-refractivity contribution in [1.29, 1.82) is 0 Å². The molecule has 2 saturated carbocycles. The van der Waals surface area contributed by atoms with Gasteiger partial charge in [0.05, 0.1) is 17.9 Å². The van der Waals surface area contributed by atoms with Gasteiger partial charge in [-0.3, -0.25) is 14.4 Å². The van der Waals surface area contributed by atoms with E-state index in [0.29, 0.717) is 17.5 Å². The number of rotatable bonds is 5. The minimum atomic E-state index is -1.11. The van der Waals surface area contributed by atoms with Crippen LogP contribution in [0.4, 0.5) is 5.69 Å². The van der Waals surface area contributed by atoms with Crippen molar-refractivity contribution in [2.24, 2.45) is 29.6 Å². The standard InChI is InChI=1S/C32H43N3O4/c1-18-9-7-12-22(17-18)33-29(36)26-25-15-16-32(39-25)27(26)31(38)35(24-14-8-11-19(2)21(24)4)28(32)30(37)34-23-13-6-5-10-20(23)3/h7,9,12,15-17,19-21,23-28H,5-6,8,10-11,13-14H2,1-4H3,(H,33,36)(H,34,37)/t19?,20?,21?,23?,24?,25-,26?,27-,28?,32?/m1/s1. The van der Waals surface area contributed by atoms with E-state index in [1.54, 1.807) is 0 Å². The Labute approximate surface area is 232 Å². The molecule has 2 aliphatic carbocycles. The summed E-state index contributed by atoms with van der Waals surface area (Å²) in [7, 11) is 0. The Kier molecular flexibility index (Phi) is 6.85. The van der Waals surface area contributed by atoms with E-state index in [9.17, 15) is 14.4 Å². The Bertz CT molecular complexity index is 1180. The molecule has 6 rings (SSSR count). The van der Waals surface area contributed by atoms with Gasteiger partial charge in [0.15, 0.2) is 0 Å². The fourth-order valence-corrected chi connectivity index (χ4v) is 8.25. The van der Waals surface area contributed by atoms with E-state index in [1.165, 1.54) is 6.42 Å². The van der Waals surface area contributed by atoms with Gasteiger partial charge in [-0.2, -0.15) is 0 Å². The predicted molar refractivity (Wildman–Crippen MR) is 150 cm³/mol. The third kappa shape index (κ3) is 4.32. The maximum atomic E-state index is 14.5. The zero-order chi connectivity index (χ0) is 27.5. The Morgan fingerprint density at radius 1 is 1.00 bits per heavy atom. The molecule has 1 spiro atoms. The summed E-state index contributed by atoms with van der Waals surface area (Å²) >= 11 is 0. The Morgan fingerprint density at radius 2 is 1.77 bits per heavy atom. The largest absolute Gasteiger partial charge is 0.359 e. The molecule has 7 nitrogen and oxygen atoms in total. The zero-order valence-corrected chi connectivity index (χ0v) is 23.7. The van der Waals surface area contributed by atoms with Gasteiger partial charge in [-0.05, 0) is 61.6 Å². The van der Waals surface area contributed by atoms with Crippen molar-refractivity contribution < 1.29 is 19.1 Å². The molecule has 1 aromatic rings. The van der Waals surface area contributed by atoms with Gasteiger partial charge < -0.3 is 20.3 Å². The molecule has 39 heavy (non-hydrogen) atoms. The summed E-state index contributed by atoms with van der Waals surface area (Å²) in [5.41, 5.74) is 0.641. The number of fused-ring (bicyclic) bond motifs is 1. The second-order valence-electron chi connectivity index (χ2n) is 13.0. The average molecular weight is 534 g/mol. The number of hydrogen-bond donors (Lipinski definition) is 2. The van der Waals surface area contributed by atoms with Gasteiger partial charge in [-0.25, -0.2) is 0 Å². The summed E-state index contributed by atoms with van der Waals surface area (Å²) in [6.45, 7) is 8.64. The zero-order valence-electron chi connectivity index (χ0n) is 23.7. The molecule has 2 bridgehead atoms. The monoisotopic (exact) mass is 533 g/mol. The van der Waals surface area contributed by atoms with Gasteiger partial charge in [0, 0.05) is 17.8 Å². The number of anilines is 1. The first-order valence-corrected chi connectivity index (χ1v) is 15.1. The molecule has 1 aromatic carbocycles. The average Bonchev–Trinajstić information content (AvgIpc) is 3.54. The maximum absolute atomic E-state index is 14.5. The molecule has 3 heterocycles. The highest BCUT2D eigenvalue weighted by molar-refractivity contribution is 6.03. The lowest BCUT2D eigenvalue weighted by atomic mass is 9.74. The molecule has 4 fully saturated rings. The van der Waals surface area contributed by atoms with E-state index < -0.39 is 29.6 Å². The highest BCUT2D eigenvalue weighted by Gasteiger charge is 2.73. The SMILES string of the molecule is Cc1cccc(NC(=O)C2[C@H]3C=CC4(O3)C(C(=O)NC3CCCCC3C)N(C3CCCC(C)C3C)C(=O)[C@@H]24)c1. The van der Waals surface area contributed by atoms with Crippen LogP contribution in [0, 0.1) is 36.5 Å². The number of aryl methyl sites for hydroxylation is 1. The quantitative estimate of drug-likeness (QED) is 0.542. The van der Waals surface area contributed by atoms with Gasteiger partial charge in [-0.15, -0.1) is 0 Å². The van der Waals surface area contributed by atoms with Crippen molar-refractivity contribution in [2.75, 3.05) is 5.32 Å². The van der Waals surface area contributed by atoms with Crippen LogP contribution in [0.25, 0.3) is 0 Å². The van der Waals surface area contributed by atoms with Crippen molar-refractivity contribution in [3.8, 4) is 0 Å². The van der Waals surface area contributed by atoms with E-state index in [2.05, 4.69) is 31.4 Å². The van der Waals surface area contributed by atoms with Gasteiger partial charge in [0.1, 0.15) is 11.6 Å². The molecule has 3 amide bonds. The number of hydrogen-bond acceptors (Lipinski definition) is 4. The normalized spacial score (nSPS) is 41.0. The first-order chi connectivity index (χ1) is 18.7. The molecule has 0 aromatic heterocycles. The van der Waals surface area contributed by atoms with Gasteiger partial charge in [0.2, 0.25) is 17.7 Å². The van der Waals surface area contributed by atoms with Crippen molar-refractivity contribution in [3.05, 3.63) is 42.0 Å². The van der Waals surface area contributed by atoms with Crippen LogP contribution >= 0.6 is 0 Å². The smallest absolute Gasteiger partial charge is 0.246 e. The van der Waals surface area contributed by atoms with Crippen LogP contribution in [0.1, 0.15) is 71.3 Å². The molecular weight excluding hydrogens is 490 g/mol. The third-order valence-corrected chi connectivity index (χ3v) is 10.6. The lowest BCUT2D eigenvalue weighted by Crippen LogP contribution is -2.60. The van der Waals surface area contributed by atoms with Crippen molar-refractivity contribution in [3.63, 3.8) is 0 Å². The molecule has 8 unspecified atom stereocenters. The van der Waals surface area contributed by atoms with Crippen LogP contribution in [-0.2, 0) is 19.1 Å². The fraction of sp³-hybridized carbons (Fsp3) is 0.656. The van der Waals surface area contributed by atoms with E-state index >= 15 is 0 Å². The van der Waals surface area contributed by atoms with Gasteiger partial charge >= 0.3 is 0 Å². The van der Waals surface area contributed by atoms with Crippen molar-refractivity contribution >= 4 is 23.4 Å². The predicted octanol–water partition coefficient (Wildman–Crippen LogP) is 4.60. The Hall–Kier alpha value is -2.67. The highest BCUT2D eigenvalue weighted by Crippen LogP contribution is 2.57. The Balaban J connectivity index is 1.35. The third-order valence-electron chi connectivity index (χ3n) is 10.6. The van der Waals surface area contributed by atoms with Crippen LogP contribution in [0.5, 0.6) is 0 Å². The first kappa shape index (κ1) is 26.5. The summed E-state index contributed by atoms with van der Waals surface area (Å²) < 4.78 is 6.59. The lowest BCUT2D eigenvalue weighted by molar-refractivity contribution is -0.146. The summed E-state index contributed by atoms with van der Waals surface area (Å²) in [4.78, 5) is 44.3. The second-order valence-corrected chi connectivity index (χ2v) is 13.0. The van der Waals surface area contributed by atoms with Gasteiger partial charge in [-0.1, -0.05) is 70.7 Å². The van der Waals surface area contributed by atoms with Crippen LogP contribution in [0.15, 0.2) is 36.4 Å². The van der Waals surface area contributed by atoms with Crippen molar-refractivity contribution in [1.82, 2.24) is 10.2 Å². The van der Waals surface area contributed by atoms with Crippen LogP contribution in [-0.4, -0.2) is 52.5 Å². The summed E-state index contributed by atoms with van der Waals surface area (Å²) in [6.07, 6.45) is 10.7. The number of amides is 3. The number of carbonyl (C=O) groups is 3. The summed E-state index contributed by atoms with van der Waals surface area (Å²) in [6, 6.07) is 6.97. The van der Waals surface area contributed by atoms with E-state index in [4.69, 9.17) is 4.74 Å². The summed E-state index contributed by atoms with van der Waals surface area (Å²) in [5, 5.41) is 6.40. The highest BCUT2D eigenvalue weighted by atomic mass is 16.5. The minimum absolute atomic E-state index is 0.0442. The molecule has 0 radical (unpaired) electrons. The van der Waals surface area contributed by atoms with E-state index in [-0.39, 0.29) is 35.7 Å². The lowest BCUT2D eigenvalue weighted by Gasteiger charge is -2.44. The molecule has 2 saturated heterocycles. The topological polar surface area (TPSA) is 87.7 Å². The number of benzene rings is 1. The minimum Gasteiger partial charge on any atom is -0.359 e. The molecule has 2 N–H and O–H groups in total. The molecule has 210 valence electrons. The molecular formula is C32H43N3O4. The Morgan fingerprint density at radius 3 is 2.54 bits per heavy atom. The van der Waals surface area contributed by atoms with Crippen LogP contribution in [0.3, 0.4) is 0 Å². The van der Waals surface area contributed by atoms with E-state index in [1.807, 2.05) is 48.2 Å². The number of ether oxygens (including phenoxy) is 1. The molecule has 10 atom stereocenters. The number of carbonyl (C=O) groups excluding carboxylic acids is 3. The van der Waals surface area contributed by atoms with E-state index in [0.717, 1.165) is 44.1 Å². The number of nitrogens with one attached hydrogen (secondary N) is 2. The number of likely N-dealkylation sites (tertiary alicyclic amines) is 1. The fourth-order valence-electron chi connectivity index (χ4n) is 8.25. The molecule has 7 heteroatoms. The molecule has 3 aliphatic heterocycles. The second kappa shape index (κ2) is 10.1. The van der Waals surface area contributed by atoms with Crippen LogP contribution < -0.4 is 10.6 Å². The maximum Gasteiger partial charge on any atom is 0.246 e. The number of nitrogens with zero attached hydrogens (tertiary/aromatic N) is 1. The van der Waals surface area contributed by atoms with Crippen molar-refractivity contribution in [2.45, 2.75) is 102 Å². The first-order valence-electron chi connectivity index (χ1n) is 15.1. The summed E-state index contributed by atoms with van der Waals surface area (Å²) in [5.74, 6) is -0.697. The molecule has 5 aliphatic rings. The van der Waals surface area contributed by atoms with Gasteiger partial charge in [0.25, 0.3) is 0 Å². The van der Waals surface area contributed by atoms with Crippen LogP contribution in [0.2, 0.25) is 0 Å².